The summed E-state index contributed by atoms with van der Waals surface area (Å²) in [5, 5.41) is 28.1. The molecule has 2 aromatic carbocycles. The van der Waals surface area contributed by atoms with Crippen LogP contribution in [0.3, 0.4) is 0 Å². The Balaban J connectivity index is 0.804. The number of anilines is 2. The molecule has 0 bridgehead atoms. The molecular weight excluding hydrogens is 857 g/mol. The first kappa shape index (κ1) is 44.2. The first-order valence-corrected chi connectivity index (χ1v) is 22.4. The van der Waals surface area contributed by atoms with Gasteiger partial charge in [0.25, 0.3) is 0 Å². The molecule has 0 spiro atoms. The van der Waals surface area contributed by atoms with Crippen LogP contribution >= 0.6 is 0 Å². The maximum Gasteiger partial charge on any atom is 0.341 e. The highest BCUT2D eigenvalue weighted by molar-refractivity contribution is 6.01. The summed E-state index contributed by atoms with van der Waals surface area (Å²) in [5.41, 5.74) is 18.7. The van der Waals surface area contributed by atoms with Crippen molar-refractivity contribution in [3.8, 4) is 0 Å². The van der Waals surface area contributed by atoms with Gasteiger partial charge in [0.15, 0.2) is 5.96 Å². The van der Waals surface area contributed by atoms with Crippen LogP contribution in [0.4, 0.5) is 20.2 Å². The molecule has 66 heavy (non-hydrogen) atoms. The number of aromatic nitrogens is 2. The van der Waals surface area contributed by atoms with Crippen molar-refractivity contribution < 1.29 is 28.6 Å². The van der Waals surface area contributed by atoms with Crippen LogP contribution in [0.15, 0.2) is 61.2 Å². The quantitative estimate of drug-likeness (QED) is 0.0987. The molecule has 9 N–H and O–H groups in total. The van der Waals surface area contributed by atoms with E-state index >= 15 is 8.78 Å². The fourth-order valence-corrected chi connectivity index (χ4v) is 9.53. The molecule has 2 aromatic heterocycles. The van der Waals surface area contributed by atoms with Gasteiger partial charge in [-0.15, -0.1) is 0 Å². The van der Waals surface area contributed by atoms with Crippen LogP contribution < -0.4 is 37.9 Å². The summed E-state index contributed by atoms with van der Waals surface area (Å²) in [6.07, 6.45) is 9.49. The van der Waals surface area contributed by atoms with Crippen LogP contribution in [0, 0.1) is 17.0 Å². The number of halogens is 2. The number of aromatic carboxylic acids is 2. The SMILES string of the molecule is N=C(CC(N)=NC1CCCCC1N=C(N)N=C(N)N1CCN(c2cc3c(cc2F)c(=O)c(C(=O)O)cn3C2CC2)CC1)N1CCN(c2cc3c(cc2F)c(=O)c(C(=O)O)cn3C2CC2)CC1. The summed E-state index contributed by atoms with van der Waals surface area (Å²) in [7, 11) is 0. The van der Waals surface area contributed by atoms with Crippen molar-refractivity contribution in [1.82, 2.24) is 18.9 Å². The first-order chi connectivity index (χ1) is 31.6. The van der Waals surface area contributed by atoms with E-state index in [1.165, 1.54) is 12.4 Å². The second-order valence-electron chi connectivity index (χ2n) is 17.8. The fourth-order valence-electron chi connectivity index (χ4n) is 9.53. The molecular formula is C45H53F2N13O6. The normalized spacial score (nSPS) is 21.2. The van der Waals surface area contributed by atoms with Gasteiger partial charge in [0.2, 0.25) is 16.8 Å². The number of aliphatic imine (C=N–C) groups is 3. The number of carboxylic acid groups (broad SMARTS) is 2. The van der Waals surface area contributed by atoms with E-state index in [1.54, 1.807) is 21.3 Å². The van der Waals surface area contributed by atoms with Gasteiger partial charge in [-0.3, -0.25) is 20.0 Å². The van der Waals surface area contributed by atoms with Gasteiger partial charge in [-0.1, -0.05) is 12.8 Å². The summed E-state index contributed by atoms with van der Waals surface area (Å²) in [6, 6.07) is 5.08. The summed E-state index contributed by atoms with van der Waals surface area (Å²) in [6.45, 7) is 3.28. The average Bonchev–Trinajstić information content (AvgIpc) is 4.23. The maximum absolute atomic E-state index is 15.6. The van der Waals surface area contributed by atoms with E-state index in [9.17, 15) is 29.4 Å². The molecule has 2 aliphatic heterocycles. The van der Waals surface area contributed by atoms with Gasteiger partial charge in [0.05, 0.1) is 40.9 Å². The highest BCUT2D eigenvalue weighted by Crippen LogP contribution is 2.39. The number of fused-ring (bicyclic) bond motifs is 2. The minimum Gasteiger partial charge on any atom is -0.477 e. The number of hydrogen-bond donors (Lipinski definition) is 6. The Labute approximate surface area is 377 Å². The van der Waals surface area contributed by atoms with Crippen LogP contribution in [0.25, 0.3) is 21.8 Å². The van der Waals surface area contributed by atoms with Crippen LogP contribution in [0.5, 0.6) is 0 Å². The first-order valence-electron chi connectivity index (χ1n) is 22.4. The van der Waals surface area contributed by atoms with Crippen LogP contribution in [-0.4, -0.2) is 129 Å². The minimum atomic E-state index is -1.34. The largest absolute Gasteiger partial charge is 0.477 e. The summed E-state index contributed by atoms with van der Waals surface area (Å²) < 4.78 is 34.7. The van der Waals surface area contributed by atoms with Crippen LogP contribution in [0.1, 0.15) is 90.6 Å². The van der Waals surface area contributed by atoms with E-state index in [0.29, 0.717) is 81.2 Å². The molecule has 3 saturated carbocycles. The number of benzene rings is 2. The molecule has 2 unspecified atom stereocenters. The smallest absolute Gasteiger partial charge is 0.341 e. The van der Waals surface area contributed by atoms with Crippen molar-refractivity contribution in [3.05, 3.63) is 79.9 Å². The maximum atomic E-state index is 15.6. The van der Waals surface area contributed by atoms with Crippen molar-refractivity contribution in [2.24, 2.45) is 32.2 Å². The highest BCUT2D eigenvalue weighted by Gasteiger charge is 2.32. The minimum absolute atomic E-state index is 0.00532. The van der Waals surface area contributed by atoms with E-state index in [4.69, 9.17) is 32.6 Å². The molecule has 0 amide bonds. The zero-order valence-electron chi connectivity index (χ0n) is 36.3. The van der Waals surface area contributed by atoms with Gasteiger partial charge in [-0.25, -0.2) is 23.4 Å². The molecule has 21 heteroatoms. The van der Waals surface area contributed by atoms with E-state index in [-0.39, 0.29) is 76.1 Å². The number of nitrogens with two attached hydrogens (primary N) is 3. The number of pyridine rings is 2. The van der Waals surface area contributed by atoms with Crippen molar-refractivity contribution in [1.29, 1.82) is 5.41 Å². The molecule has 348 valence electrons. The van der Waals surface area contributed by atoms with Gasteiger partial charge >= 0.3 is 11.9 Å². The molecule has 5 fully saturated rings. The molecule has 9 rings (SSSR count). The fraction of sp³-hybridized carbons (Fsp3) is 0.467. The third-order valence-electron chi connectivity index (χ3n) is 13.4. The van der Waals surface area contributed by atoms with Gasteiger partial charge in [-0.2, -0.15) is 4.99 Å². The molecule has 5 aliphatic rings. The van der Waals surface area contributed by atoms with E-state index < -0.39 is 34.4 Å². The van der Waals surface area contributed by atoms with Crippen molar-refractivity contribution >= 4 is 68.7 Å². The summed E-state index contributed by atoms with van der Waals surface area (Å²) in [4.78, 5) is 70.7. The predicted molar refractivity (Wildman–Crippen MR) is 248 cm³/mol. The summed E-state index contributed by atoms with van der Waals surface area (Å²) in [5.74, 6) is -3.18. The zero-order chi connectivity index (χ0) is 46.6. The summed E-state index contributed by atoms with van der Waals surface area (Å²) >= 11 is 0. The molecule has 3 aliphatic carbocycles. The number of piperazine rings is 2. The Morgan fingerprint density at radius 3 is 1.53 bits per heavy atom. The van der Waals surface area contributed by atoms with Gasteiger partial charge in [0.1, 0.15) is 34.4 Å². The lowest BCUT2D eigenvalue weighted by Gasteiger charge is -2.37. The number of carboxylic acids is 2. The Kier molecular flexibility index (Phi) is 11.9. The number of guanidine groups is 2. The van der Waals surface area contributed by atoms with Crippen LogP contribution in [0.2, 0.25) is 0 Å². The van der Waals surface area contributed by atoms with Crippen molar-refractivity contribution in [3.63, 3.8) is 0 Å². The number of carbonyl (C=O) groups is 2. The predicted octanol–water partition coefficient (Wildman–Crippen LogP) is 3.27. The Morgan fingerprint density at radius 2 is 1.09 bits per heavy atom. The van der Waals surface area contributed by atoms with Gasteiger partial charge in [-0.05, 0) is 62.8 Å². The second-order valence-corrected chi connectivity index (χ2v) is 17.8. The number of amidine groups is 2. The number of nitrogens with one attached hydrogen (secondary N) is 1. The second kappa shape index (κ2) is 17.7. The standard InChI is InChI=1S/C45H53F2N13O6/c46-30-17-26-34(59(24-5-6-24)22-28(40(26)61)42(63)64)19-36(30)55-9-13-57(14-10-55)39(49)21-38(48)52-32-3-1-2-4-33(32)53-44(50)54-45(51)58-15-11-56(12-16-58)37-20-35-27(18-31(37)47)41(62)29(43(65)66)23-60(35)25-7-8-25/h17-20,22-25,32-33,49H,1-16,21H2,(H2,48,52)(H,63,64)(H,65,66)(H4,50,51,53,54). The Hall–Kier alpha value is -7.06. The molecule has 2 atom stereocenters. The van der Waals surface area contributed by atoms with Crippen LogP contribution in [-0.2, 0) is 0 Å². The third-order valence-corrected chi connectivity index (χ3v) is 13.4. The lowest BCUT2D eigenvalue weighted by atomic mass is 9.91. The van der Waals surface area contributed by atoms with Gasteiger partial charge in [0, 0.05) is 87.6 Å². The van der Waals surface area contributed by atoms with E-state index in [2.05, 4.69) is 4.99 Å². The Morgan fingerprint density at radius 1 is 0.652 bits per heavy atom. The highest BCUT2D eigenvalue weighted by atomic mass is 19.1. The molecule has 19 nitrogen and oxygen atoms in total. The molecule has 4 heterocycles. The van der Waals surface area contributed by atoms with Gasteiger partial charge < -0.3 is 56.1 Å². The monoisotopic (exact) mass is 909 g/mol. The topological polar surface area (TPSA) is 271 Å². The van der Waals surface area contributed by atoms with E-state index in [1.807, 2.05) is 19.6 Å². The molecule has 0 radical (unpaired) electrons. The lowest BCUT2D eigenvalue weighted by molar-refractivity contribution is 0.0684. The van der Waals surface area contributed by atoms with E-state index in [0.717, 1.165) is 57.1 Å². The average molecular weight is 910 g/mol. The molecule has 4 aromatic rings. The lowest BCUT2D eigenvalue weighted by Crippen LogP contribution is -2.51. The zero-order valence-corrected chi connectivity index (χ0v) is 36.3. The molecule has 2 saturated heterocycles. The number of hydrogen-bond acceptors (Lipinski definition) is 9. The Bertz CT molecular complexity index is 2850. The third kappa shape index (κ3) is 8.84. The van der Waals surface area contributed by atoms with Crippen molar-refractivity contribution in [2.75, 3.05) is 62.2 Å². The van der Waals surface area contributed by atoms with Crippen molar-refractivity contribution in [2.45, 2.75) is 82.0 Å². The number of rotatable bonds is 10. The number of nitrogens with zero attached hydrogens (tertiary/aromatic N) is 9.